The summed E-state index contributed by atoms with van der Waals surface area (Å²) in [6, 6.07) is 1.55. The van der Waals surface area contributed by atoms with Gasteiger partial charge in [-0.25, -0.2) is 8.78 Å². The van der Waals surface area contributed by atoms with Crippen LogP contribution in [0.1, 0.15) is 43.7 Å². The van der Waals surface area contributed by atoms with Crippen LogP contribution in [0.3, 0.4) is 0 Å². The maximum Gasteiger partial charge on any atom is 0.248 e. The van der Waals surface area contributed by atoms with Gasteiger partial charge in [-0.3, -0.25) is 0 Å². The summed E-state index contributed by atoms with van der Waals surface area (Å²) in [6.45, 7) is 0. The van der Waals surface area contributed by atoms with Crippen LogP contribution in [0.15, 0.2) is 21.4 Å². The van der Waals surface area contributed by atoms with Crippen molar-refractivity contribution in [1.82, 2.24) is 0 Å². The van der Waals surface area contributed by atoms with Gasteiger partial charge in [0, 0.05) is 24.4 Å². The van der Waals surface area contributed by atoms with Crippen molar-refractivity contribution in [3.8, 4) is 0 Å². The van der Waals surface area contributed by atoms with E-state index in [2.05, 4.69) is 15.9 Å². The summed E-state index contributed by atoms with van der Waals surface area (Å²) in [5, 5.41) is 0. The summed E-state index contributed by atoms with van der Waals surface area (Å²) in [6.07, 6.45) is 3.57. The minimum absolute atomic E-state index is 0.00977. The first-order valence-electron chi connectivity index (χ1n) is 5.84. The lowest BCUT2D eigenvalue weighted by Crippen LogP contribution is -2.28. The van der Waals surface area contributed by atoms with Gasteiger partial charge in [-0.2, -0.15) is 0 Å². The third-order valence-corrected chi connectivity index (χ3v) is 4.02. The molecule has 2 atom stereocenters. The summed E-state index contributed by atoms with van der Waals surface area (Å²) in [5.74, 6) is -2.49. The molecule has 96 valence electrons. The molecule has 0 radical (unpaired) electrons. The number of nitrogens with two attached hydrogens (primary N) is 1. The highest BCUT2D eigenvalue weighted by atomic mass is 79.9. The van der Waals surface area contributed by atoms with Gasteiger partial charge in [0.1, 0.15) is 0 Å². The molecule has 0 saturated heterocycles. The van der Waals surface area contributed by atoms with E-state index in [1.165, 1.54) is 0 Å². The highest BCUT2D eigenvalue weighted by Crippen LogP contribution is 2.40. The molecule has 1 fully saturated rings. The summed E-state index contributed by atoms with van der Waals surface area (Å²) in [5.41, 5.74) is 6.88. The Kier molecular flexibility index (Phi) is 3.88. The lowest BCUT2D eigenvalue weighted by Gasteiger charge is -2.30. The molecule has 2 rings (SSSR count). The van der Waals surface area contributed by atoms with E-state index in [0.717, 1.165) is 12.0 Å². The number of hydrogen-bond acceptors (Lipinski definition) is 2. The Morgan fingerprint density at radius 2 is 2.35 bits per heavy atom. The molecular formula is C12H16BrF2NO. The molecule has 1 aromatic rings. The van der Waals surface area contributed by atoms with Gasteiger partial charge in [-0.1, -0.05) is 0 Å². The molecule has 0 aliphatic heterocycles. The predicted octanol–water partition coefficient (Wildman–Crippen LogP) is 4.26. The lowest BCUT2D eigenvalue weighted by atomic mass is 9.82. The summed E-state index contributed by atoms with van der Waals surface area (Å²) in [7, 11) is 0. The van der Waals surface area contributed by atoms with Crippen LogP contribution in [0.5, 0.6) is 0 Å². The van der Waals surface area contributed by atoms with Crippen LogP contribution in [0, 0.1) is 5.92 Å². The molecule has 0 amide bonds. The molecule has 0 spiro atoms. The van der Waals surface area contributed by atoms with E-state index >= 15 is 0 Å². The second kappa shape index (κ2) is 5.06. The van der Waals surface area contributed by atoms with Gasteiger partial charge in [0.2, 0.25) is 5.92 Å². The Morgan fingerprint density at radius 3 is 2.94 bits per heavy atom. The fraction of sp³-hybridized carbons (Fsp3) is 0.667. The molecule has 2 unspecified atom stereocenters. The van der Waals surface area contributed by atoms with Crippen LogP contribution in [0.25, 0.3) is 0 Å². The number of alkyl halides is 2. The van der Waals surface area contributed by atoms with Crippen LogP contribution in [0.2, 0.25) is 0 Å². The van der Waals surface area contributed by atoms with Crippen LogP contribution in [0.4, 0.5) is 8.78 Å². The molecule has 1 aromatic heterocycles. The Hall–Kier alpha value is -0.420. The van der Waals surface area contributed by atoms with Crippen LogP contribution in [-0.2, 0) is 0 Å². The van der Waals surface area contributed by atoms with Crippen molar-refractivity contribution in [1.29, 1.82) is 0 Å². The first-order valence-corrected chi connectivity index (χ1v) is 6.63. The molecule has 1 aliphatic carbocycles. The zero-order valence-electron chi connectivity index (χ0n) is 9.46. The van der Waals surface area contributed by atoms with Gasteiger partial charge < -0.3 is 10.2 Å². The Morgan fingerprint density at radius 1 is 1.59 bits per heavy atom. The molecule has 2 nitrogen and oxygen atoms in total. The predicted molar refractivity (Wildman–Crippen MR) is 64.9 cm³/mol. The quantitative estimate of drug-likeness (QED) is 0.906. The Balaban J connectivity index is 1.95. The zero-order chi connectivity index (χ0) is 12.5. The molecule has 17 heavy (non-hydrogen) atoms. The van der Waals surface area contributed by atoms with Gasteiger partial charge in [0.05, 0.1) is 6.26 Å². The van der Waals surface area contributed by atoms with Crippen LogP contribution in [-0.4, -0.2) is 5.92 Å². The minimum Gasteiger partial charge on any atom is -0.457 e. The molecule has 2 N–H and O–H groups in total. The van der Waals surface area contributed by atoms with Crippen molar-refractivity contribution in [2.45, 2.75) is 44.1 Å². The van der Waals surface area contributed by atoms with E-state index in [1.807, 2.05) is 0 Å². The third-order valence-electron chi connectivity index (χ3n) is 3.38. The van der Waals surface area contributed by atoms with E-state index in [1.54, 1.807) is 12.3 Å². The van der Waals surface area contributed by atoms with Gasteiger partial charge in [0.25, 0.3) is 0 Å². The van der Waals surface area contributed by atoms with Crippen LogP contribution >= 0.6 is 15.9 Å². The maximum atomic E-state index is 13.3. The molecule has 0 aromatic carbocycles. The second-order valence-corrected chi connectivity index (χ2v) is 5.53. The van der Waals surface area contributed by atoms with Gasteiger partial charge in [-0.15, -0.1) is 0 Å². The van der Waals surface area contributed by atoms with Crippen molar-refractivity contribution in [2.75, 3.05) is 0 Å². The van der Waals surface area contributed by atoms with Crippen molar-refractivity contribution in [2.24, 2.45) is 11.7 Å². The maximum absolute atomic E-state index is 13.3. The highest BCUT2D eigenvalue weighted by molar-refractivity contribution is 9.10. The van der Waals surface area contributed by atoms with E-state index < -0.39 is 5.92 Å². The number of rotatable bonds is 3. The summed E-state index contributed by atoms with van der Waals surface area (Å²) in [4.78, 5) is 0. The van der Waals surface area contributed by atoms with Crippen molar-refractivity contribution in [3.05, 3.63) is 22.6 Å². The van der Waals surface area contributed by atoms with Crippen LogP contribution < -0.4 is 5.73 Å². The topological polar surface area (TPSA) is 39.2 Å². The number of hydrogen-bond donors (Lipinski definition) is 1. The van der Waals surface area contributed by atoms with Gasteiger partial charge in [0.15, 0.2) is 4.67 Å². The normalized spacial score (nSPS) is 25.8. The highest BCUT2D eigenvalue weighted by Gasteiger charge is 2.36. The van der Waals surface area contributed by atoms with E-state index in [9.17, 15) is 8.78 Å². The largest absolute Gasteiger partial charge is 0.457 e. The SMILES string of the molecule is NC(CC1CCCC(F)(F)C1)c1ccoc1Br. The van der Waals surface area contributed by atoms with Gasteiger partial charge in [-0.05, 0) is 47.2 Å². The van der Waals surface area contributed by atoms with Crippen molar-refractivity contribution >= 4 is 15.9 Å². The van der Waals surface area contributed by atoms with Crippen molar-refractivity contribution in [3.63, 3.8) is 0 Å². The fourth-order valence-corrected chi connectivity index (χ4v) is 3.07. The first kappa shape index (κ1) is 13.0. The standard InChI is InChI=1S/C12H16BrF2NO/c13-11-9(3-5-17-11)10(16)6-8-2-1-4-12(14,15)7-8/h3,5,8,10H,1-2,4,6-7,16H2. The van der Waals surface area contributed by atoms with Gasteiger partial charge >= 0.3 is 0 Å². The second-order valence-electron chi connectivity index (χ2n) is 4.81. The van der Waals surface area contributed by atoms with E-state index in [-0.39, 0.29) is 24.8 Å². The van der Waals surface area contributed by atoms with E-state index in [4.69, 9.17) is 10.2 Å². The average Bonchev–Trinajstić information content (AvgIpc) is 2.62. The molecular weight excluding hydrogens is 292 g/mol. The molecule has 0 bridgehead atoms. The smallest absolute Gasteiger partial charge is 0.248 e. The summed E-state index contributed by atoms with van der Waals surface area (Å²) < 4.78 is 32.2. The van der Waals surface area contributed by atoms with E-state index in [0.29, 0.717) is 17.5 Å². The van der Waals surface area contributed by atoms with Crippen molar-refractivity contribution < 1.29 is 13.2 Å². The first-order chi connectivity index (χ1) is 7.98. The molecule has 1 aliphatic rings. The zero-order valence-corrected chi connectivity index (χ0v) is 11.1. The summed E-state index contributed by atoms with van der Waals surface area (Å²) >= 11 is 3.26. The lowest BCUT2D eigenvalue weighted by molar-refractivity contribution is -0.0543. The molecule has 1 saturated carbocycles. The molecule has 1 heterocycles. The minimum atomic E-state index is -2.50. The Bertz CT molecular complexity index is 380. The Labute approximate surface area is 108 Å². The average molecular weight is 308 g/mol. The third kappa shape index (κ3) is 3.28. The molecule has 5 heteroatoms. The monoisotopic (exact) mass is 307 g/mol. The number of halogens is 3. The fourth-order valence-electron chi connectivity index (χ4n) is 2.53. The number of furan rings is 1.